The number of benzene rings is 1. The molecule has 3 amide bonds. The summed E-state index contributed by atoms with van der Waals surface area (Å²) in [5.41, 5.74) is 0.812. The molecule has 0 radical (unpaired) electrons. The van der Waals surface area contributed by atoms with Crippen molar-refractivity contribution < 1.29 is 14.0 Å². The van der Waals surface area contributed by atoms with Crippen molar-refractivity contribution in [2.45, 2.75) is 38.4 Å². The number of hydrogen-bond acceptors (Lipinski definition) is 2. The molecule has 1 aliphatic heterocycles. The smallest absolute Gasteiger partial charge is 0.317 e. The van der Waals surface area contributed by atoms with Crippen molar-refractivity contribution in [2.24, 2.45) is 0 Å². The van der Waals surface area contributed by atoms with Crippen LogP contribution in [0.15, 0.2) is 24.3 Å². The van der Waals surface area contributed by atoms with E-state index in [-0.39, 0.29) is 42.3 Å². The lowest BCUT2D eigenvalue weighted by atomic mass is 10.0. The minimum absolute atomic E-state index is 0.0353. The fourth-order valence-electron chi connectivity index (χ4n) is 2.61. The van der Waals surface area contributed by atoms with Gasteiger partial charge < -0.3 is 15.1 Å². The maximum Gasteiger partial charge on any atom is 0.317 e. The fourth-order valence-corrected chi connectivity index (χ4v) is 2.61. The van der Waals surface area contributed by atoms with Crippen LogP contribution in [0.3, 0.4) is 0 Å². The van der Waals surface area contributed by atoms with E-state index in [1.165, 1.54) is 12.1 Å². The van der Waals surface area contributed by atoms with Crippen LogP contribution in [0.2, 0.25) is 0 Å². The molecule has 0 spiro atoms. The molecule has 1 heterocycles. The molecule has 22 heavy (non-hydrogen) atoms. The summed E-state index contributed by atoms with van der Waals surface area (Å²) in [4.78, 5) is 27.4. The van der Waals surface area contributed by atoms with Gasteiger partial charge in [0.1, 0.15) is 5.82 Å². The lowest BCUT2D eigenvalue weighted by Gasteiger charge is -2.29. The van der Waals surface area contributed by atoms with E-state index in [9.17, 15) is 14.0 Å². The average molecular weight is 307 g/mol. The van der Waals surface area contributed by atoms with E-state index in [0.29, 0.717) is 0 Å². The van der Waals surface area contributed by atoms with E-state index in [1.807, 2.05) is 13.8 Å². The molecule has 1 aliphatic rings. The number of likely N-dealkylation sites (N-methyl/N-ethyl adjacent to an activating group) is 1. The summed E-state index contributed by atoms with van der Waals surface area (Å²) in [7, 11) is 3.42. The molecule has 0 aliphatic carbocycles. The number of hydrogen-bond donors (Lipinski definition) is 1. The fraction of sp³-hybridized carbons (Fsp3) is 0.500. The van der Waals surface area contributed by atoms with Gasteiger partial charge in [-0.15, -0.1) is 0 Å². The number of likely N-dealkylation sites (tertiary alicyclic amines) is 1. The van der Waals surface area contributed by atoms with Crippen LogP contribution in [0.25, 0.3) is 0 Å². The highest BCUT2D eigenvalue weighted by Gasteiger charge is 2.39. The number of carbonyl (C=O) groups excluding carboxylic acids is 2. The van der Waals surface area contributed by atoms with Crippen LogP contribution in [0.1, 0.15) is 31.9 Å². The molecular formula is C16H22FN3O2. The lowest BCUT2D eigenvalue weighted by molar-refractivity contribution is -0.127. The Balaban J connectivity index is 2.20. The maximum absolute atomic E-state index is 13.1. The normalized spacial score (nSPS) is 21.4. The monoisotopic (exact) mass is 307 g/mol. The predicted octanol–water partition coefficient (Wildman–Crippen LogP) is 2.15. The molecule has 2 atom stereocenters. The van der Waals surface area contributed by atoms with Crippen LogP contribution in [-0.2, 0) is 4.79 Å². The van der Waals surface area contributed by atoms with Crippen molar-refractivity contribution >= 4 is 11.9 Å². The van der Waals surface area contributed by atoms with Gasteiger partial charge in [0.25, 0.3) is 0 Å². The highest BCUT2D eigenvalue weighted by molar-refractivity contribution is 5.82. The highest BCUT2D eigenvalue weighted by Crippen LogP contribution is 2.32. The van der Waals surface area contributed by atoms with Gasteiger partial charge in [0.2, 0.25) is 5.91 Å². The molecule has 120 valence electrons. The van der Waals surface area contributed by atoms with Gasteiger partial charge in [-0.1, -0.05) is 12.1 Å². The number of carbonyl (C=O) groups is 2. The third-order valence-corrected chi connectivity index (χ3v) is 4.20. The van der Waals surface area contributed by atoms with Crippen molar-refractivity contribution in [1.82, 2.24) is 15.1 Å². The molecule has 2 rings (SSSR count). The number of urea groups is 1. The Labute approximate surface area is 130 Å². The molecule has 5 nitrogen and oxygen atoms in total. The van der Waals surface area contributed by atoms with Gasteiger partial charge in [-0.2, -0.15) is 0 Å². The quantitative estimate of drug-likeness (QED) is 0.930. The van der Waals surface area contributed by atoms with E-state index in [2.05, 4.69) is 5.32 Å². The standard InChI is InChI=1S/C16H22FN3O2/c1-10(2)19(3)16(22)18-13-9-14(21)20(4)15(13)11-5-7-12(17)8-6-11/h5-8,10,13,15H,9H2,1-4H3,(H,18,22)/t13-,15+/m1/s1. The van der Waals surface area contributed by atoms with Crippen LogP contribution >= 0.6 is 0 Å². The molecule has 0 bridgehead atoms. The Morgan fingerprint density at radius 3 is 2.50 bits per heavy atom. The molecule has 0 unspecified atom stereocenters. The number of halogens is 1. The zero-order valence-electron chi connectivity index (χ0n) is 13.3. The Morgan fingerprint density at radius 2 is 1.95 bits per heavy atom. The molecule has 1 aromatic rings. The van der Waals surface area contributed by atoms with Crippen LogP contribution in [-0.4, -0.2) is 47.9 Å². The van der Waals surface area contributed by atoms with Gasteiger partial charge >= 0.3 is 6.03 Å². The Hall–Kier alpha value is -2.11. The summed E-state index contributed by atoms with van der Waals surface area (Å²) in [6, 6.07) is 5.29. The first-order chi connectivity index (χ1) is 10.3. The van der Waals surface area contributed by atoms with Crippen LogP contribution in [0, 0.1) is 5.82 Å². The van der Waals surface area contributed by atoms with Crippen molar-refractivity contribution in [2.75, 3.05) is 14.1 Å². The molecule has 0 saturated carbocycles. The molecule has 6 heteroatoms. The summed E-state index contributed by atoms with van der Waals surface area (Å²) < 4.78 is 13.1. The molecule has 1 aromatic carbocycles. The van der Waals surface area contributed by atoms with Crippen LogP contribution < -0.4 is 5.32 Å². The SMILES string of the molecule is CC(C)N(C)C(=O)N[C@@H]1CC(=O)N(C)[C@H]1c1ccc(F)cc1. The summed E-state index contributed by atoms with van der Waals surface area (Å²) in [6.45, 7) is 3.84. The largest absolute Gasteiger partial charge is 0.337 e. The maximum atomic E-state index is 13.1. The number of nitrogens with zero attached hydrogens (tertiary/aromatic N) is 2. The van der Waals surface area contributed by atoms with Crippen molar-refractivity contribution in [3.63, 3.8) is 0 Å². The van der Waals surface area contributed by atoms with Crippen molar-refractivity contribution in [3.8, 4) is 0 Å². The van der Waals surface area contributed by atoms with E-state index < -0.39 is 0 Å². The number of rotatable bonds is 3. The average Bonchev–Trinajstić information content (AvgIpc) is 2.74. The van der Waals surface area contributed by atoms with Crippen LogP contribution in [0.5, 0.6) is 0 Å². The van der Waals surface area contributed by atoms with Crippen LogP contribution in [0.4, 0.5) is 9.18 Å². The van der Waals surface area contributed by atoms with Crippen molar-refractivity contribution in [3.05, 3.63) is 35.6 Å². The number of amides is 3. The van der Waals surface area contributed by atoms with E-state index in [4.69, 9.17) is 0 Å². The van der Waals surface area contributed by atoms with Gasteiger partial charge in [-0.05, 0) is 31.5 Å². The zero-order valence-corrected chi connectivity index (χ0v) is 13.3. The first kappa shape index (κ1) is 16.3. The summed E-state index contributed by atoms with van der Waals surface area (Å²) in [6.07, 6.45) is 0.246. The second-order valence-corrected chi connectivity index (χ2v) is 5.97. The summed E-state index contributed by atoms with van der Waals surface area (Å²) in [5.74, 6) is -0.359. The van der Waals surface area contributed by atoms with Crippen molar-refractivity contribution in [1.29, 1.82) is 0 Å². The number of nitrogens with one attached hydrogen (secondary N) is 1. The molecular weight excluding hydrogens is 285 g/mol. The van der Waals surface area contributed by atoms with E-state index >= 15 is 0 Å². The molecule has 0 aromatic heterocycles. The first-order valence-electron chi connectivity index (χ1n) is 7.35. The third-order valence-electron chi connectivity index (χ3n) is 4.20. The van der Waals surface area contributed by atoms with E-state index in [0.717, 1.165) is 5.56 Å². The molecule has 1 N–H and O–H groups in total. The van der Waals surface area contributed by atoms with Gasteiger partial charge in [-0.3, -0.25) is 4.79 Å². The van der Waals surface area contributed by atoms with Gasteiger partial charge in [0.15, 0.2) is 0 Å². The highest BCUT2D eigenvalue weighted by atomic mass is 19.1. The van der Waals surface area contributed by atoms with E-state index in [1.54, 1.807) is 36.0 Å². The first-order valence-corrected chi connectivity index (χ1v) is 7.35. The third kappa shape index (κ3) is 3.21. The molecule has 1 saturated heterocycles. The predicted molar refractivity (Wildman–Crippen MR) is 81.7 cm³/mol. The lowest BCUT2D eigenvalue weighted by Crippen LogP contribution is -2.47. The van der Waals surface area contributed by atoms with Gasteiger partial charge in [-0.25, -0.2) is 9.18 Å². The Bertz CT molecular complexity index is 559. The Kier molecular flexibility index (Phi) is 4.68. The molecule has 1 fully saturated rings. The minimum atomic E-state index is -0.323. The zero-order chi connectivity index (χ0) is 16.4. The van der Waals surface area contributed by atoms with Gasteiger partial charge in [0, 0.05) is 26.6 Å². The minimum Gasteiger partial charge on any atom is -0.337 e. The Morgan fingerprint density at radius 1 is 1.36 bits per heavy atom. The second kappa shape index (κ2) is 6.34. The summed E-state index contributed by atoms with van der Waals surface area (Å²) >= 11 is 0. The summed E-state index contributed by atoms with van der Waals surface area (Å²) in [5, 5.41) is 2.91. The topological polar surface area (TPSA) is 52.7 Å². The second-order valence-electron chi connectivity index (χ2n) is 5.97. The van der Waals surface area contributed by atoms with Gasteiger partial charge in [0.05, 0.1) is 12.1 Å².